The predicted octanol–water partition coefficient (Wildman–Crippen LogP) is 2.11. The summed E-state index contributed by atoms with van der Waals surface area (Å²) in [6, 6.07) is 0. The van der Waals surface area contributed by atoms with Crippen molar-refractivity contribution in [3.05, 3.63) is 6.92 Å². The molecule has 7 heavy (non-hydrogen) atoms. The lowest BCUT2D eigenvalue weighted by atomic mass is 9.68. The molecule has 1 radical (unpaired) electrons. The second-order valence-corrected chi connectivity index (χ2v) is 2.85. The highest BCUT2D eigenvalue weighted by Gasteiger charge is 2.29. The smallest absolute Gasteiger partial charge is 0.0362 e. The van der Waals surface area contributed by atoms with Crippen molar-refractivity contribution < 1.29 is 0 Å². The zero-order valence-corrected chi connectivity index (χ0v) is 5.15. The summed E-state index contributed by atoms with van der Waals surface area (Å²) in [7, 11) is 0. The molecule has 0 spiro atoms. The molecular formula is C7H13. The molecule has 0 amide bonds. The molecule has 41 valence electrons. The first kappa shape index (κ1) is 5.14. The fraction of sp³-hybridized carbons (Fsp3) is 0.857. The molecule has 1 rings (SSSR count). The van der Waals surface area contributed by atoms with Crippen molar-refractivity contribution in [1.29, 1.82) is 0 Å². The summed E-state index contributed by atoms with van der Waals surface area (Å²) in [6.45, 7) is 8.56. The van der Waals surface area contributed by atoms with Crippen LogP contribution in [-0.4, -0.2) is 0 Å². The molecule has 2 atom stereocenters. The quantitative estimate of drug-likeness (QED) is 0.434. The first-order chi connectivity index (χ1) is 3.22. The van der Waals surface area contributed by atoms with E-state index < -0.39 is 0 Å². The number of hydrogen-bond donors (Lipinski definition) is 0. The molecule has 0 saturated heterocycles. The van der Waals surface area contributed by atoms with E-state index in [0.29, 0.717) is 0 Å². The van der Waals surface area contributed by atoms with Gasteiger partial charge in [0.2, 0.25) is 0 Å². The van der Waals surface area contributed by atoms with Gasteiger partial charge in [0.1, 0.15) is 0 Å². The standard InChI is InChI=1S/C7H13/c1-5-4-6(2)7(5)3/h5-7H,3-4H2,1-2H3. The summed E-state index contributed by atoms with van der Waals surface area (Å²) in [4.78, 5) is 0. The Morgan fingerprint density at radius 3 is 1.71 bits per heavy atom. The van der Waals surface area contributed by atoms with Gasteiger partial charge in [0.15, 0.2) is 0 Å². The molecule has 1 aliphatic carbocycles. The molecule has 0 aromatic heterocycles. The topological polar surface area (TPSA) is 0 Å². The number of hydrogen-bond acceptors (Lipinski definition) is 0. The Labute approximate surface area is 45.9 Å². The molecule has 0 aromatic carbocycles. The molecule has 0 aromatic rings. The van der Waals surface area contributed by atoms with Gasteiger partial charge in [-0.05, 0) is 31.1 Å². The van der Waals surface area contributed by atoms with E-state index >= 15 is 0 Å². The molecule has 0 N–H and O–H groups in total. The Balaban J connectivity index is 2.29. The maximum atomic E-state index is 4.01. The zero-order valence-electron chi connectivity index (χ0n) is 5.15. The van der Waals surface area contributed by atoms with Gasteiger partial charge in [-0.25, -0.2) is 0 Å². The monoisotopic (exact) mass is 97.1 g/mol. The van der Waals surface area contributed by atoms with E-state index in [-0.39, 0.29) is 0 Å². The van der Waals surface area contributed by atoms with Gasteiger partial charge in [0.25, 0.3) is 0 Å². The van der Waals surface area contributed by atoms with Gasteiger partial charge in [-0.2, -0.15) is 0 Å². The van der Waals surface area contributed by atoms with Crippen molar-refractivity contribution in [3.8, 4) is 0 Å². The lowest BCUT2D eigenvalue weighted by Crippen LogP contribution is -2.29. The molecule has 0 heteroatoms. The first-order valence-electron chi connectivity index (χ1n) is 3.05. The lowest BCUT2D eigenvalue weighted by Gasteiger charge is -2.38. The maximum absolute atomic E-state index is 4.01. The lowest BCUT2D eigenvalue weighted by molar-refractivity contribution is 0.145. The van der Waals surface area contributed by atoms with Crippen molar-refractivity contribution in [2.45, 2.75) is 20.3 Å². The van der Waals surface area contributed by atoms with Crippen LogP contribution in [0.3, 0.4) is 0 Å². The Morgan fingerprint density at radius 1 is 1.29 bits per heavy atom. The van der Waals surface area contributed by atoms with E-state index in [4.69, 9.17) is 0 Å². The molecular weight excluding hydrogens is 84.1 g/mol. The van der Waals surface area contributed by atoms with Gasteiger partial charge in [-0.3, -0.25) is 0 Å². The van der Waals surface area contributed by atoms with Crippen molar-refractivity contribution in [2.24, 2.45) is 17.8 Å². The van der Waals surface area contributed by atoms with Gasteiger partial charge < -0.3 is 0 Å². The third-order valence-corrected chi connectivity index (χ3v) is 2.21. The molecule has 0 aliphatic heterocycles. The van der Waals surface area contributed by atoms with Crippen molar-refractivity contribution >= 4 is 0 Å². The van der Waals surface area contributed by atoms with E-state index in [1.807, 2.05) is 0 Å². The Hall–Kier alpha value is 0. The first-order valence-corrected chi connectivity index (χ1v) is 3.05. The Kier molecular flexibility index (Phi) is 1.10. The van der Waals surface area contributed by atoms with E-state index in [1.165, 1.54) is 6.42 Å². The average Bonchev–Trinajstić information content (AvgIpc) is 1.68. The van der Waals surface area contributed by atoms with E-state index in [2.05, 4.69) is 20.8 Å². The van der Waals surface area contributed by atoms with Crippen LogP contribution in [0.15, 0.2) is 0 Å². The van der Waals surface area contributed by atoms with Crippen molar-refractivity contribution in [3.63, 3.8) is 0 Å². The molecule has 1 saturated carbocycles. The second kappa shape index (κ2) is 1.50. The Morgan fingerprint density at radius 2 is 1.71 bits per heavy atom. The zero-order chi connectivity index (χ0) is 5.44. The summed E-state index contributed by atoms with van der Waals surface area (Å²) < 4.78 is 0. The maximum Gasteiger partial charge on any atom is -0.0362 e. The van der Waals surface area contributed by atoms with Gasteiger partial charge in [0, 0.05) is 0 Å². The van der Waals surface area contributed by atoms with Gasteiger partial charge in [0.05, 0.1) is 0 Å². The average molecular weight is 97.2 g/mol. The molecule has 0 heterocycles. The van der Waals surface area contributed by atoms with E-state index in [0.717, 1.165) is 17.8 Å². The summed E-state index contributed by atoms with van der Waals surface area (Å²) in [5, 5.41) is 0. The highest BCUT2D eigenvalue weighted by atomic mass is 14.3. The third kappa shape index (κ3) is 0.667. The van der Waals surface area contributed by atoms with Crippen LogP contribution in [0.25, 0.3) is 0 Å². The highest BCUT2D eigenvalue weighted by Crippen LogP contribution is 2.38. The minimum Gasteiger partial charge on any atom is -0.0622 e. The Bertz CT molecular complexity index is 58.4. The largest absolute Gasteiger partial charge is 0.0622 e. The minimum atomic E-state index is 0.750. The van der Waals surface area contributed by atoms with Crippen LogP contribution in [0.5, 0.6) is 0 Å². The fourth-order valence-electron chi connectivity index (χ4n) is 1.30. The van der Waals surface area contributed by atoms with E-state index in [9.17, 15) is 0 Å². The van der Waals surface area contributed by atoms with Crippen LogP contribution < -0.4 is 0 Å². The molecule has 1 fully saturated rings. The van der Waals surface area contributed by atoms with Crippen LogP contribution in [-0.2, 0) is 0 Å². The normalized spacial score (nSPS) is 51.0. The summed E-state index contributed by atoms with van der Waals surface area (Å²) in [5.74, 6) is 2.55. The molecule has 0 bridgehead atoms. The minimum absolute atomic E-state index is 0.750. The van der Waals surface area contributed by atoms with Gasteiger partial charge >= 0.3 is 0 Å². The van der Waals surface area contributed by atoms with Crippen molar-refractivity contribution in [1.82, 2.24) is 0 Å². The van der Waals surface area contributed by atoms with Crippen LogP contribution in [0, 0.1) is 24.7 Å². The third-order valence-electron chi connectivity index (χ3n) is 2.21. The molecule has 2 unspecified atom stereocenters. The SMILES string of the molecule is [CH2]C1C(C)CC1C. The van der Waals surface area contributed by atoms with Crippen LogP contribution >= 0.6 is 0 Å². The summed E-state index contributed by atoms with van der Waals surface area (Å²) in [5.41, 5.74) is 0. The fourth-order valence-corrected chi connectivity index (χ4v) is 1.30. The van der Waals surface area contributed by atoms with Gasteiger partial charge in [-0.15, -0.1) is 0 Å². The van der Waals surface area contributed by atoms with Gasteiger partial charge in [-0.1, -0.05) is 13.8 Å². The number of rotatable bonds is 0. The second-order valence-electron chi connectivity index (χ2n) is 2.85. The van der Waals surface area contributed by atoms with Crippen LogP contribution in [0.1, 0.15) is 20.3 Å². The molecule has 1 aliphatic rings. The van der Waals surface area contributed by atoms with Crippen LogP contribution in [0.4, 0.5) is 0 Å². The van der Waals surface area contributed by atoms with Crippen LogP contribution in [0.2, 0.25) is 0 Å². The predicted molar refractivity (Wildman–Crippen MR) is 31.8 cm³/mol. The van der Waals surface area contributed by atoms with Crippen molar-refractivity contribution in [2.75, 3.05) is 0 Å². The summed E-state index contributed by atoms with van der Waals surface area (Å²) in [6.07, 6.45) is 1.40. The molecule has 0 nitrogen and oxygen atoms in total. The highest BCUT2D eigenvalue weighted by molar-refractivity contribution is 4.84. The summed E-state index contributed by atoms with van der Waals surface area (Å²) >= 11 is 0. The van der Waals surface area contributed by atoms with E-state index in [1.54, 1.807) is 0 Å².